The van der Waals surface area contributed by atoms with Crippen molar-refractivity contribution in [1.29, 1.82) is 0 Å². The van der Waals surface area contributed by atoms with Gasteiger partial charge in [-0.1, -0.05) is 17.4 Å². The fourth-order valence-electron chi connectivity index (χ4n) is 0.866. The van der Waals surface area contributed by atoms with Crippen molar-refractivity contribution in [3.8, 4) is 0 Å². The molecule has 0 bridgehead atoms. The molecule has 1 aromatic heterocycles. The number of aromatic nitrogens is 1. The highest BCUT2D eigenvalue weighted by Gasteiger charge is 2.07. The van der Waals surface area contributed by atoms with Crippen LogP contribution in [0, 0.1) is 5.13 Å². The van der Waals surface area contributed by atoms with Crippen LogP contribution in [0.15, 0.2) is 18.9 Å². The van der Waals surface area contributed by atoms with Gasteiger partial charge in [-0.25, -0.2) is 9.78 Å². The van der Waals surface area contributed by atoms with Gasteiger partial charge in [0.15, 0.2) is 16.0 Å². The SMILES string of the molecule is C=CCC(=O)CNC(=O)Nc1ncc(F)s1. The van der Waals surface area contributed by atoms with E-state index in [0.29, 0.717) is 11.3 Å². The lowest BCUT2D eigenvalue weighted by Crippen LogP contribution is -2.33. The molecular weight excluding hydrogens is 233 g/mol. The highest BCUT2D eigenvalue weighted by Crippen LogP contribution is 2.15. The van der Waals surface area contributed by atoms with Gasteiger partial charge in [-0.2, -0.15) is 4.39 Å². The zero-order valence-electron chi connectivity index (χ0n) is 8.33. The molecule has 1 aromatic rings. The number of carbonyl (C=O) groups is 2. The summed E-state index contributed by atoms with van der Waals surface area (Å²) >= 11 is 0.710. The summed E-state index contributed by atoms with van der Waals surface area (Å²) < 4.78 is 12.5. The molecular formula is C9H10FN3O2S. The van der Waals surface area contributed by atoms with Gasteiger partial charge < -0.3 is 5.32 Å². The number of carbonyl (C=O) groups excluding carboxylic acids is 2. The summed E-state index contributed by atoms with van der Waals surface area (Å²) in [5.41, 5.74) is 0. The number of thiazole rings is 1. The third kappa shape index (κ3) is 4.18. The normalized spacial score (nSPS) is 9.56. The summed E-state index contributed by atoms with van der Waals surface area (Å²) in [7, 11) is 0. The van der Waals surface area contributed by atoms with Crippen molar-refractivity contribution < 1.29 is 14.0 Å². The fraction of sp³-hybridized carbons (Fsp3) is 0.222. The number of anilines is 1. The van der Waals surface area contributed by atoms with Gasteiger partial charge >= 0.3 is 6.03 Å². The molecule has 1 rings (SSSR count). The second-order valence-electron chi connectivity index (χ2n) is 2.81. The third-order valence-corrected chi connectivity index (χ3v) is 2.22. The molecule has 2 amide bonds. The minimum Gasteiger partial charge on any atom is -0.331 e. The van der Waals surface area contributed by atoms with Crippen LogP contribution >= 0.6 is 11.3 Å². The standard InChI is InChI=1S/C9H10FN3O2S/c1-2-3-6(14)4-11-8(15)13-9-12-5-7(10)16-9/h2,5H,1,3-4H2,(H2,11,12,13,15). The summed E-state index contributed by atoms with van der Waals surface area (Å²) in [6.45, 7) is 3.31. The average molecular weight is 243 g/mol. The van der Waals surface area contributed by atoms with E-state index in [1.54, 1.807) is 0 Å². The summed E-state index contributed by atoms with van der Waals surface area (Å²) in [6.07, 6.45) is 2.66. The van der Waals surface area contributed by atoms with E-state index in [1.807, 2.05) is 0 Å². The zero-order valence-corrected chi connectivity index (χ0v) is 9.14. The maximum absolute atomic E-state index is 12.5. The average Bonchev–Trinajstić information content (AvgIpc) is 2.61. The Labute approximate surface area is 95.4 Å². The van der Waals surface area contributed by atoms with E-state index in [9.17, 15) is 14.0 Å². The second-order valence-corrected chi connectivity index (χ2v) is 3.79. The van der Waals surface area contributed by atoms with Crippen LogP contribution in [0.25, 0.3) is 0 Å². The molecule has 5 nitrogen and oxygen atoms in total. The summed E-state index contributed by atoms with van der Waals surface area (Å²) in [5.74, 6) is -0.157. The van der Waals surface area contributed by atoms with E-state index in [4.69, 9.17) is 0 Å². The molecule has 7 heteroatoms. The number of amides is 2. The molecule has 0 atom stereocenters. The molecule has 0 saturated carbocycles. The lowest BCUT2D eigenvalue weighted by molar-refractivity contribution is -0.117. The molecule has 0 aromatic carbocycles. The summed E-state index contributed by atoms with van der Waals surface area (Å²) in [4.78, 5) is 25.8. The Hall–Kier alpha value is -1.76. The number of rotatable bonds is 5. The largest absolute Gasteiger partial charge is 0.331 e. The van der Waals surface area contributed by atoms with Crippen molar-refractivity contribution in [2.45, 2.75) is 6.42 Å². The van der Waals surface area contributed by atoms with E-state index in [2.05, 4.69) is 22.2 Å². The number of allylic oxidation sites excluding steroid dienone is 1. The molecule has 0 saturated heterocycles. The smallest absolute Gasteiger partial charge is 0.321 e. The first kappa shape index (κ1) is 12.3. The van der Waals surface area contributed by atoms with Crippen LogP contribution in [0.5, 0.6) is 0 Å². The van der Waals surface area contributed by atoms with Gasteiger partial charge in [0, 0.05) is 6.42 Å². The van der Waals surface area contributed by atoms with Crippen LogP contribution in [0.2, 0.25) is 0 Å². The Bertz CT molecular complexity index is 405. The maximum atomic E-state index is 12.5. The molecule has 86 valence electrons. The van der Waals surface area contributed by atoms with Gasteiger partial charge in [-0.3, -0.25) is 10.1 Å². The fourth-order valence-corrected chi connectivity index (χ4v) is 1.40. The van der Waals surface area contributed by atoms with Gasteiger partial charge in [0.05, 0.1) is 12.7 Å². The number of urea groups is 1. The van der Waals surface area contributed by atoms with Crippen molar-refractivity contribution in [2.75, 3.05) is 11.9 Å². The lowest BCUT2D eigenvalue weighted by Gasteiger charge is -2.03. The van der Waals surface area contributed by atoms with Crippen LogP contribution in [0.4, 0.5) is 14.3 Å². The van der Waals surface area contributed by atoms with Crippen molar-refractivity contribution in [2.24, 2.45) is 0 Å². The van der Waals surface area contributed by atoms with Gasteiger partial charge in [0.25, 0.3) is 0 Å². The predicted molar refractivity (Wildman–Crippen MR) is 58.9 cm³/mol. The number of nitrogens with zero attached hydrogens (tertiary/aromatic N) is 1. The molecule has 0 aliphatic heterocycles. The van der Waals surface area contributed by atoms with Crippen LogP contribution in [0.1, 0.15) is 6.42 Å². The molecule has 0 spiro atoms. The maximum Gasteiger partial charge on any atom is 0.321 e. The quantitative estimate of drug-likeness (QED) is 0.771. The molecule has 0 aliphatic carbocycles. The van der Waals surface area contributed by atoms with Crippen LogP contribution in [-0.2, 0) is 4.79 Å². The molecule has 2 N–H and O–H groups in total. The molecule has 0 radical (unpaired) electrons. The number of nitrogens with one attached hydrogen (secondary N) is 2. The Balaban J connectivity index is 2.31. The lowest BCUT2D eigenvalue weighted by atomic mass is 10.3. The molecule has 0 fully saturated rings. The van der Waals surface area contributed by atoms with Gasteiger partial charge in [0.2, 0.25) is 0 Å². The van der Waals surface area contributed by atoms with Gasteiger partial charge in [-0.15, -0.1) is 6.58 Å². The zero-order chi connectivity index (χ0) is 12.0. The van der Waals surface area contributed by atoms with Crippen molar-refractivity contribution in [3.63, 3.8) is 0 Å². The van der Waals surface area contributed by atoms with Crippen LogP contribution < -0.4 is 10.6 Å². The summed E-state index contributed by atoms with van der Waals surface area (Å²) in [5, 5.41) is 4.28. The first-order chi connectivity index (χ1) is 7.61. The third-order valence-electron chi connectivity index (χ3n) is 1.52. The minimum atomic E-state index is -0.591. The van der Waals surface area contributed by atoms with E-state index in [1.165, 1.54) is 6.08 Å². The highest BCUT2D eigenvalue weighted by atomic mass is 32.1. The number of Topliss-reactive ketones (excluding diaryl/α,β-unsaturated/α-hetero) is 1. The first-order valence-corrected chi connectivity index (χ1v) is 5.22. The number of halogens is 1. The number of hydrogen-bond acceptors (Lipinski definition) is 4. The number of hydrogen-bond donors (Lipinski definition) is 2. The molecule has 1 heterocycles. The molecule has 0 aliphatic rings. The van der Waals surface area contributed by atoms with Crippen LogP contribution in [0.3, 0.4) is 0 Å². The van der Waals surface area contributed by atoms with Crippen molar-refractivity contribution in [3.05, 3.63) is 24.0 Å². The Kier molecular flexibility index (Phi) is 4.59. The van der Waals surface area contributed by atoms with E-state index in [-0.39, 0.29) is 23.9 Å². The Morgan fingerprint density at radius 2 is 2.38 bits per heavy atom. The highest BCUT2D eigenvalue weighted by molar-refractivity contribution is 7.14. The monoisotopic (exact) mass is 243 g/mol. The first-order valence-electron chi connectivity index (χ1n) is 4.40. The Morgan fingerprint density at radius 1 is 1.62 bits per heavy atom. The molecule has 0 unspecified atom stereocenters. The number of ketones is 1. The van der Waals surface area contributed by atoms with E-state index < -0.39 is 11.2 Å². The van der Waals surface area contributed by atoms with E-state index in [0.717, 1.165) is 6.20 Å². The molecule has 16 heavy (non-hydrogen) atoms. The van der Waals surface area contributed by atoms with Crippen LogP contribution in [-0.4, -0.2) is 23.3 Å². The predicted octanol–water partition coefficient (Wildman–Crippen LogP) is 1.55. The topological polar surface area (TPSA) is 71.1 Å². The second kappa shape index (κ2) is 5.96. The summed E-state index contributed by atoms with van der Waals surface area (Å²) in [6, 6.07) is -0.591. The van der Waals surface area contributed by atoms with Gasteiger partial charge in [-0.05, 0) is 0 Å². The van der Waals surface area contributed by atoms with E-state index >= 15 is 0 Å². The van der Waals surface area contributed by atoms with Gasteiger partial charge in [0.1, 0.15) is 0 Å². The minimum absolute atomic E-state index is 0.0916. The Morgan fingerprint density at radius 3 is 2.94 bits per heavy atom. The van der Waals surface area contributed by atoms with Crippen molar-refractivity contribution in [1.82, 2.24) is 10.3 Å². The van der Waals surface area contributed by atoms with Crippen molar-refractivity contribution >= 4 is 28.3 Å².